The molecule has 1 aliphatic rings. The van der Waals surface area contributed by atoms with Gasteiger partial charge in [-0.2, -0.15) is 0 Å². The number of carbonyl (C=O) groups is 2. The quantitative estimate of drug-likeness (QED) is 0.404. The Kier molecular flexibility index (Phi) is 3.61. The highest BCUT2D eigenvalue weighted by Crippen LogP contribution is 2.41. The van der Waals surface area contributed by atoms with Gasteiger partial charge in [0.15, 0.2) is 5.78 Å². The SMILES string of the molecule is CC1C=CCC(C)(C)C1C(=O)/C=C/C=O. The van der Waals surface area contributed by atoms with Crippen LogP contribution in [0.1, 0.15) is 27.2 Å². The van der Waals surface area contributed by atoms with Gasteiger partial charge >= 0.3 is 0 Å². The number of rotatable bonds is 3. The van der Waals surface area contributed by atoms with Crippen LogP contribution in [0, 0.1) is 17.3 Å². The maximum Gasteiger partial charge on any atom is 0.159 e. The second-order valence-electron chi connectivity index (χ2n) is 4.86. The van der Waals surface area contributed by atoms with Crippen molar-refractivity contribution in [2.24, 2.45) is 17.3 Å². The largest absolute Gasteiger partial charge is 0.299 e. The zero-order valence-corrected chi connectivity index (χ0v) is 9.57. The van der Waals surface area contributed by atoms with Gasteiger partial charge in [0.05, 0.1) is 0 Å². The van der Waals surface area contributed by atoms with Gasteiger partial charge in [0.1, 0.15) is 6.29 Å². The summed E-state index contributed by atoms with van der Waals surface area (Å²) in [7, 11) is 0. The molecule has 15 heavy (non-hydrogen) atoms. The minimum atomic E-state index is -0.0154. The lowest BCUT2D eigenvalue weighted by atomic mass is 9.65. The van der Waals surface area contributed by atoms with E-state index in [1.54, 1.807) is 0 Å². The van der Waals surface area contributed by atoms with Gasteiger partial charge in [-0.1, -0.05) is 32.9 Å². The van der Waals surface area contributed by atoms with Crippen molar-refractivity contribution in [3.8, 4) is 0 Å². The highest BCUT2D eigenvalue weighted by molar-refractivity contribution is 5.95. The first-order valence-electron chi connectivity index (χ1n) is 5.31. The number of carbonyl (C=O) groups excluding carboxylic acids is 2. The van der Waals surface area contributed by atoms with Gasteiger partial charge < -0.3 is 0 Å². The fourth-order valence-corrected chi connectivity index (χ4v) is 2.42. The van der Waals surface area contributed by atoms with E-state index >= 15 is 0 Å². The minimum absolute atomic E-state index is 0.0151. The Hall–Kier alpha value is -1.18. The smallest absolute Gasteiger partial charge is 0.159 e. The Bertz CT molecular complexity index is 310. The Balaban J connectivity index is 2.90. The van der Waals surface area contributed by atoms with E-state index in [9.17, 15) is 9.59 Å². The molecule has 1 rings (SSSR count). The van der Waals surface area contributed by atoms with E-state index in [1.165, 1.54) is 12.2 Å². The summed E-state index contributed by atoms with van der Waals surface area (Å²) in [6, 6.07) is 0. The molecule has 0 bridgehead atoms. The maximum absolute atomic E-state index is 11.9. The van der Waals surface area contributed by atoms with Gasteiger partial charge in [-0.3, -0.25) is 9.59 Å². The van der Waals surface area contributed by atoms with Crippen LogP contribution in [0.5, 0.6) is 0 Å². The van der Waals surface area contributed by atoms with E-state index in [0.29, 0.717) is 6.29 Å². The highest BCUT2D eigenvalue weighted by atomic mass is 16.1. The summed E-state index contributed by atoms with van der Waals surface area (Å²) in [5.41, 5.74) is -0.0154. The van der Waals surface area contributed by atoms with Gasteiger partial charge in [-0.25, -0.2) is 0 Å². The van der Waals surface area contributed by atoms with E-state index in [0.717, 1.165) is 6.42 Å². The Labute approximate surface area is 91.1 Å². The van der Waals surface area contributed by atoms with Crippen LogP contribution in [0.3, 0.4) is 0 Å². The highest BCUT2D eigenvalue weighted by Gasteiger charge is 2.38. The predicted molar refractivity (Wildman–Crippen MR) is 60.4 cm³/mol. The lowest BCUT2D eigenvalue weighted by Crippen LogP contribution is -2.36. The van der Waals surface area contributed by atoms with Crippen LogP contribution >= 0.6 is 0 Å². The van der Waals surface area contributed by atoms with Crippen molar-refractivity contribution in [3.63, 3.8) is 0 Å². The predicted octanol–water partition coefficient (Wildman–Crippen LogP) is 2.55. The van der Waals surface area contributed by atoms with Crippen molar-refractivity contribution in [3.05, 3.63) is 24.3 Å². The van der Waals surface area contributed by atoms with Crippen molar-refractivity contribution in [1.29, 1.82) is 0 Å². The molecule has 1 aliphatic carbocycles. The fourth-order valence-electron chi connectivity index (χ4n) is 2.42. The molecule has 0 aliphatic heterocycles. The van der Waals surface area contributed by atoms with E-state index < -0.39 is 0 Å². The molecule has 0 aromatic rings. The van der Waals surface area contributed by atoms with Crippen LogP contribution in [0.25, 0.3) is 0 Å². The normalized spacial score (nSPS) is 29.3. The van der Waals surface area contributed by atoms with Gasteiger partial charge in [-0.15, -0.1) is 0 Å². The van der Waals surface area contributed by atoms with Crippen LogP contribution in [-0.2, 0) is 9.59 Å². The third kappa shape index (κ3) is 2.65. The molecular weight excluding hydrogens is 188 g/mol. The molecule has 0 saturated heterocycles. The summed E-state index contributed by atoms with van der Waals surface area (Å²) in [6.07, 6.45) is 8.47. The van der Waals surface area contributed by atoms with Gasteiger partial charge in [0.2, 0.25) is 0 Å². The Morgan fingerprint density at radius 1 is 1.47 bits per heavy atom. The number of hydrogen-bond donors (Lipinski definition) is 0. The molecule has 0 heterocycles. The molecule has 2 unspecified atom stereocenters. The molecule has 0 aromatic heterocycles. The Morgan fingerprint density at radius 2 is 2.13 bits per heavy atom. The van der Waals surface area contributed by atoms with Crippen LogP contribution in [-0.4, -0.2) is 12.1 Å². The zero-order valence-electron chi connectivity index (χ0n) is 9.57. The molecule has 0 fully saturated rings. The molecule has 0 amide bonds. The summed E-state index contributed by atoms with van der Waals surface area (Å²) in [4.78, 5) is 22.1. The van der Waals surface area contributed by atoms with Crippen LogP contribution < -0.4 is 0 Å². The van der Waals surface area contributed by atoms with Crippen molar-refractivity contribution < 1.29 is 9.59 Å². The molecule has 82 valence electrons. The molecule has 0 aromatic carbocycles. The summed E-state index contributed by atoms with van der Waals surface area (Å²) < 4.78 is 0. The second-order valence-corrected chi connectivity index (χ2v) is 4.86. The first kappa shape index (κ1) is 11.9. The molecule has 2 nitrogen and oxygen atoms in total. The lowest BCUT2D eigenvalue weighted by molar-refractivity contribution is -0.123. The topological polar surface area (TPSA) is 34.1 Å². The number of allylic oxidation sites excluding steroid dienone is 4. The summed E-state index contributed by atoms with van der Waals surface area (Å²) in [6.45, 7) is 6.25. The van der Waals surface area contributed by atoms with Crippen LogP contribution in [0.2, 0.25) is 0 Å². The van der Waals surface area contributed by atoms with E-state index in [-0.39, 0.29) is 23.0 Å². The van der Waals surface area contributed by atoms with E-state index in [4.69, 9.17) is 0 Å². The van der Waals surface area contributed by atoms with Crippen molar-refractivity contribution in [1.82, 2.24) is 0 Å². The standard InChI is InChI=1S/C13H18O2/c1-10-6-4-8-13(2,3)12(10)11(15)7-5-9-14/h4-7,9-10,12H,8H2,1-3H3/b7-5+. The summed E-state index contributed by atoms with van der Waals surface area (Å²) in [5, 5.41) is 0. The van der Waals surface area contributed by atoms with Gasteiger partial charge in [0.25, 0.3) is 0 Å². The van der Waals surface area contributed by atoms with Gasteiger partial charge in [-0.05, 0) is 29.9 Å². The average molecular weight is 206 g/mol. The van der Waals surface area contributed by atoms with Gasteiger partial charge in [0, 0.05) is 5.92 Å². The Morgan fingerprint density at radius 3 is 2.67 bits per heavy atom. The minimum Gasteiger partial charge on any atom is -0.299 e. The first-order chi connectivity index (χ1) is 6.99. The molecule has 2 heteroatoms. The third-order valence-corrected chi connectivity index (χ3v) is 3.10. The lowest BCUT2D eigenvalue weighted by Gasteiger charge is -2.38. The molecule has 0 N–H and O–H groups in total. The van der Waals surface area contributed by atoms with Crippen LogP contribution in [0.4, 0.5) is 0 Å². The average Bonchev–Trinajstić information content (AvgIpc) is 2.13. The second kappa shape index (κ2) is 4.56. The molecule has 2 atom stereocenters. The van der Waals surface area contributed by atoms with E-state index in [1.807, 2.05) is 0 Å². The number of aldehydes is 1. The monoisotopic (exact) mass is 206 g/mol. The number of hydrogen-bond acceptors (Lipinski definition) is 2. The first-order valence-corrected chi connectivity index (χ1v) is 5.31. The molecule has 0 saturated carbocycles. The summed E-state index contributed by atoms with van der Waals surface area (Å²) >= 11 is 0. The number of ketones is 1. The maximum atomic E-state index is 11.9. The zero-order chi connectivity index (χ0) is 11.5. The van der Waals surface area contributed by atoms with Crippen molar-refractivity contribution in [2.75, 3.05) is 0 Å². The van der Waals surface area contributed by atoms with Crippen molar-refractivity contribution >= 4 is 12.1 Å². The third-order valence-electron chi connectivity index (χ3n) is 3.10. The molecular formula is C13H18O2. The van der Waals surface area contributed by atoms with Crippen molar-refractivity contribution in [2.45, 2.75) is 27.2 Å². The molecule has 0 spiro atoms. The van der Waals surface area contributed by atoms with E-state index in [2.05, 4.69) is 32.9 Å². The molecule has 0 radical (unpaired) electrons. The summed E-state index contributed by atoms with van der Waals surface area (Å²) in [5.74, 6) is 0.292. The fraction of sp³-hybridized carbons (Fsp3) is 0.538. The van der Waals surface area contributed by atoms with Crippen LogP contribution in [0.15, 0.2) is 24.3 Å².